The lowest BCUT2D eigenvalue weighted by molar-refractivity contribution is -0.132. The summed E-state index contributed by atoms with van der Waals surface area (Å²) in [5.74, 6) is 0.184. The number of thiophene rings is 1. The third kappa shape index (κ3) is 3.31. The van der Waals surface area contributed by atoms with Crippen LogP contribution >= 0.6 is 22.9 Å². The lowest BCUT2D eigenvalue weighted by Crippen LogP contribution is -2.41. The van der Waals surface area contributed by atoms with Crippen LogP contribution < -0.4 is 10.6 Å². The summed E-state index contributed by atoms with van der Waals surface area (Å²) in [5.41, 5.74) is 0.307. The Labute approximate surface area is 157 Å². The highest BCUT2D eigenvalue weighted by Gasteiger charge is 2.42. The summed E-state index contributed by atoms with van der Waals surface area (Å²) < 4.78 is 1.18. The Morgan fingerprint density at radius 1 is 1.36 bits per heavy atom. The van der Waals surface area contributed by atoms with Crippen LogP contribution in [0.25, 0.3) is 10.1 Å². The van der Waals surface area contributed by atoms with E-state index in [0.29, 0.717) is 12.0 Å². The summed E-state index contributed by atoms with van der Waals surface area (Å²) in [5, 5.41) is 8.76. The molecule has 1 aromatic heterocycles. The summed E-state index contributed by atoms with van der Waals surface area (Å²) >= 11 is 8.21. The summed E-state index contributed by atoms with van der Waals surface area (Å²) in [6, 6.07) is 8.08. The second kappa shape index (κ2) is 6.88. The first-order valence-electron chi connectivity index (χ1n) is 8.93. The highest BCUT2D eigenvalue weighted by molar-refractivity contribution is 7.19. The number of nitrogens with one attached hydrogen (secondary N) is 2. The average Bonchev–Trinajstić information content (AvgIpc) is 3.17. The van der Waals surface area contributed by atoms with Gasteiger partial charge in [-0.15, -0.1) is 11.3 Å². The number of carbonyl (C=O) groups excluding carboxylic acids is 1. The Morgan fingerprint density at radius 2 is 2.12 bits per heavy atom. The van der Waals surface area contributed by atoms with Gasteiger partial charge in [-0.2, -0.15) is 0 Å². The number of piperidine rings is 1. The molecule has 3 heterocycles. The highest BCUT2D eigenvalue weighted by atomic mass is 35.5. The molecule has 2 aliphatic heterocycles. The molecule has 6 heteroatoms. The maximum Gasteiger partial charge on any atom is 0.239 e. The van der Waals surface area contributed by atoms with E-state index in [4.69, 9.17) is 11.6 Å². The average molecular weight is 378 g/mol. The van der Waals surface area contributed by atoms with E-state index in [1.165, 1.54) is 4.70 Å². The smallest absolute Gasteiger partial charge is 0.239 e. The lowest BCUT2D eigenvalue weighted by Gasteiger charge is -2.33. The van der Waals surface area contributed by atoms with Gasteiger partial charge in [-0.25, -0.2) is 0 Å². The Kier molecular flexibility index (Phi) is 4.75. The minimum absolute atomic E-state index is 0.0590. The second-order valence-corrected chi connectivity index (χ2v) is 8.93. The van der Waals surface area contributed by atoms with Crippen LogP contribution in [0.3, 0.4) is 0 Å². The fourth-order valence-corrected chi connectivity index (χ4v) is 5.70. The number of carbonyl (C=O) groups is 1. The van der Waals surface area contributed by atoms with Crippen molar-refractivity contribution in [2.24, 2.45) is 5.41 Å². The Morgan fingerprint density at radius 3 is 2.88 bits per heavy atom. The van der Waals surface area contributed by atoms with E-state index < -0.39 is 0 Å². The molecule has 1 atom stereocenters. The minimum atomic E-state index is -0.0590. The van der Waals surface area contributed by atoms with Crippen molar-refractivity contribution in [2.45, 2.75) is 31.8 Å². The van der Waals surface area contributed by atoms with E-state index in [1.807, 2.05) is 30.1 Å². The van der Waals surface area contributed by atoms with Crippen LogP contribution in [0, 0.1) is 5.41 Å². The van der Waals surface area contributed by atoms with Crippen molar-refractivity contribution >= 4 is 38.9 Å². The van der Waals surface area contributed by atoms with Crippen LogP contribution in [-0.4, -0.2) is 43.5 Å². The molecule has 2 fully saturated rings. The van der Waals surface area contributed by atoms with Crippen molar-refractivity contribution in [3.8, 4) is 0 Å². The van der Waals surface area contributed by atoms with Crippen LogP contribution in [-0.2, 0) is 11.3 Å². The monoisotopic (exact) mass is 377 g/mol. The number of halogens is 1. The maximum absolute atomic E-state index is 12.9. The van der Waals surface area contributed by atoms with Gasteiger partial charge in [0.25, 0.3) is 0 Å². The molecular weight excluding hydrogens is 354 g/mol. The van der Waals surface area contributed by atoms with Crippen LogP contribution in [0.4, 0.5) is 0 Å². The third-order valence-electron chi connectivity index (χ3n) is 5.68. The van der Waals surface area contributed by atoms with Crippen molar-refractivity contribution in [3.63, 3.8) is 0 Å². The van der Waals surface area contributed by atoms with Gasteiger partial charge in [0.15, 0.2) is 0 Å². The molecule has 0 saturated carbocycles. The van der Waals surface area contributed by atoms with Gasteiger partial charge in [0, 0.05) is 28.6 Å². The van der Waals surface area contributed by atoms with E-state index >= 15 is 0 Å². The van der Waals surface area contributed by atoms with Gasteiger partial charge in [0.1, 0.15) is 0 Å². The number of likely N-dealkylation sites (N-methyl/N-ethyl adjacent to an activating group) is 1. The molecule has 0 radical (unpaired) electrons. The molecule has 1 unspecified atom stereocenters. The van der Waals surface area contributed by atoms with Gasteiger partial charge in [-0.05, 0) is 43.8 Å². The van der Waals surface area contributed by atoms with Crippen LogP contribution in [0.1, 0.15) is 24.1 Å². The molecule has 1 amide bonds. The van der Waals surface area contributed by atoms with Gasteiger partial charge in [0.2, 0.25) is 5.91 Å². The fourth-order valence-electron chi connectivity index (χ4n) is 4.16. The molecular formula is C19H24ClN3OS. The molecule has 25 heavy (non-hydrogen) atoms. The zero-order valence-electron chi connectivity index (χ0n) is 14.5. The van der Waals surface area contributed by atoms with E-state index in [9.17, 15) is 4.79 Å². The predicted octanol–water partition coefficient (Wildman–Crippen LogP) is 3.24. The van der Waals surface area contributed by atoms with Crippen LogP contribution in [0.2, 0.25) is 5.02 Å². The number of fused-ring (bicyclic) bond motifs is 1. The fraction of sp³-hybridized carbons (Fsp3) is 0.526. The van der Waals surface area contributed by atoms with Gasteiger partial charge < -0.3 is 15.5 Å². The molecule has 134 valence electrons. The zero-order valence-corrected chi connectivity index (χ0v) is 16.1. The van der Waals surface area contributed by atoms with Crippen molar-refractivity contribution < 1.29 is 4.79 Å². The topological polar surface area (TPSA) is 44.4 Å². The number of benzene rings is 1. The number of amides is 1. The Bertz CT molecular complexity index is 784. The number of rotatable bonds is 3. The van der Waals surface area contributed by atoms with Crippen molar-refractivity contribution in [1.29, 1.82) is 0 Å². The molecule has 0 aliphatic carbocycles. The molecule has 1 aromatic carbocycles. The van der Waals surface area contributed by atoms with Gasteiger partial charge in [0.05, 0.1) is 17.6 Å². The Balaban J connectivity index is 1.44. The molecule has 2 saturated heterocycles. The first-order chi connectivity index (χ1) is 12.1. The largest absolute Gasteiger partial charge is 0.339 e. The quantitative estimate of drug-likeness (QED) is 0.863. The van der Waals surface area contributed by atoms with Crippen molar-refractivity contribution in [3.05, 3.63) is 34.2 Å². The first kappa shape index (κ1) is 17.3. The zero-order chi connectivity index (χ0) is 17.4. The van der Waals surface area contributed by atoms with Crippen LogP contribution in [0.15, 0.2) is 24.3 Å². The lowest BCUT2D eigenvalue weighted by atomic mass is 9.77. The van der Waals surface area contributed by atoms with Crippen molar-refractivity contribution in [1.82, 2.24) is 15.5 Å². The van der Waals surface area contributed by atoms with Gasteiger partial charge in [-0.1, -0.05) is 29.8 Å². The molecule has 2 aliphatic rings. The minimum Gasteiger partial charge on any atom is -0.339 e. The summed E-state index contributed by atoms with van der Waals surface area (Å²) in [4.78, 5) is 15.8. The van der Waals surface area contributed by atoms with E-state index in [2.05, 4.69) is 16.7 Å². The van der Waals surface area contributed by atoms with Crippen molar-refractivity contribution in [2.75, 3.05) is 26.7 Å². The predicted molar refractivity (Wildman–Crippen MR) is 104 cm³/mol. The summed E-state index contributed by atoms with van der Waals surface area (Å²) in [7, 11) is 1.89. The molecule has 0 bridgehead atoms. The molecule has 2 aromatic rings. The SMILES string of the molecule is CN(Cc1sc2ccccc2c1Cl)C(=O)C1CC2(CCNCC2)CN1. The Hall–Kier alpha value is -1.14. The normalized spacial score (nSPS) is 22.6. The number of hydrogen-bond acceptors (Lipinski definition) is 4. The maximum atomic E-state index is 12.9. The van der Waals surface area contributed by atoms with E-state index in [0.717, 1.165) is 54.2 Å². The number of hydrogen-bond donors (Lipinski definition) is 2. The molecule has 1 spiro atoms. The summed E-state index contributed by atoms with van der Waals surface area (Å²) in [6.07, 6.45) is 3.28. The third-order valence-corrected chi connectivity index (χ3v) is 7.38. The number of nitrogens with zero attached hydrogens (tertiary/aromatic N) is 1. The standard InChI is InChI=1S/C19H24ClN3OS/c1-23(11-16-17(20)13-4-2-3-5-15(13)25-16)18(24)14-10-19(12-22-14)6-8-21-9-7-19/h2-5,14,21-22H,6-12H2,1H3. The molecule has 2 N–H and O–H groups in total. The molecule has 4 rings (SSSR count). The van der Waals surface area contributed by atoms with Crippen LogP contribution in [0.5, 0.6) is 0 Å². The molecule has 4 nitrogen and oxygen atoms in total. The van der Waals surface area contributed by atoms with Gasteiger partial charge >= 0.3 is 0 Å². The van der Waals surface area contributed by atoms with E-state index in [-0.39, 0.29) is 11.9 Å². The van der Waals surface area contributed by atoms with Gasteiger partial charge in [-0.3, -0.25) is 4.79 Å². The second-order valence-electron chi connectivity index (χ2n) is 7.42. The first-order valence-corrected chi connectivity index (χ1v) is 10.1. The summed E-state index contributed by atoms with van der Waals surface area (Å²) in [6.45, 7) is 3.66. The highest BCUT2D eigenvalue weighted by Crippen LogP contribution is 2.39. The van der Waals surface area contributed by atoms with E-state index in [1.54, 1.807) is 11.3 Å².